The predicted octanol–water partition coefficient (Wildman–Crippen LogP) is 1.24. The fraction of sp³-hybridized carbons (Fsp3) is 0.455. The molecule has 0 saturated carbocycles. The van der Waals surface area contributed by atoms with Crippen LogP contribution in [-0.2, 0) is 4.79 Å². The van der Waals surface area contributed by atoms with E-state index in [4.69, 9.17) is 5.11 Å². The molecule has 1 aromatic heterocycles. The van der Waals surface area contributed by atoms with Crippen LogP contribution in [0.25, 0.3) is 0 Å². The Hall–Kier alpha value is -1.78. The van der Waals surface area contributed by atoms with Crippen molar-refractivity contribution in [3.8, 4) is 0 Å². The van der Waals surface area contributed by atoms with Crippen molar-refractivity contribution in [2.45, 2.75) is 26.8 Å². The molecule has 0 spiro atoms. The number of aromatic nitrogens is 1. The van der Waals surface area contributed by atoms with E-state index in [1.54, 1.807) is 39.1 Å². The summed E-state index contributed by atoms with van der Waals surface area (Å²) in [6.07, 6.45) is 1.61. The predicted molar refractivity (Wildman–Crippen MR) is 59.1 cm³/mol. The van der Waals surface area contributed by atoms with Crippen molar-refractivity contribution in [1.82, 2.24) is 10.3 Å². The first-order valence-corrected chi connectivity index (χ1v) is 4.99. The molecule has 1 heterocycles. The summed E-state index contributed by atoms with van der Waals surface area (Å²) in [6, 6.07) is 2.36. The van der Waals surface area contributed by atoms with Crippen molar-refractivity contribution >= 4 is 11.9 Å². The third kappa shape index (κ3) is 2.85. The van der Waals surface area contributed by atoms with Crippen molar-refractivity contribution in [2.75, 3.05) is 0 Å². The van der Waals surface area contributed by atoms with Gasteiger partial charge in [0, 0.05) is 6.20 Å². The van der Waals surface area contributed by atoms with Crippen molar-refractivity contribution in [3.05, 3.63) is 24.0 Å². The molecule has 1 atom stereocenters. The molecule has 1 amide bonds. The number of rotatable bonds is 3. The van der Waals surface area contributed by atoms with Crippen molar-refractivity contribution < 1.29 is 14.7 Å². The maximum Gasteiger partial charge on any atom is 0.326 e. The van der Waals surface area contributed by atoms with E-state index in [1.807, 2.05) is 0 Å². The van der Waals surface area contributed by atoms with Crippen LogP contribution in [0.5, 0.6) is 0 Å². The van der Waals surface area contributed by atoms with Gasteiger partial charge in [-0.25, -0.2) is 4.79 Å². The Morgan fingerprint density at radius 1 is 1.44 bits per heavy atom. The standard InChI is InChI=1S/C11H16N2O3/c1-11(2,3)8(10(15)16)13-9(14)7-5-4-6-12-7/h4-6,8,12H,1-3H3,(H,13,14)(H,15,16)/t8-/m1/s1. The van der Waals surface area contributed by atoms with Crippen LogP contribution in [0.3, 0.4) is 0 Å². The van der Waals surface area contributed by atoms with Crippen LogP contribution in [0.4, 0.5) is 0 Å². The highest BCUT2D eigenvalue weighted by atomic mass is 16.4. The Balaban J connectivity index is 2.78. The van der Waals surface area contributed by atoms with Gasteiger partial charge in [0.25, 0.3) is 5.91 Å². The molecule has 0 aliphatic rings. The minimum atomic E-state index is -1.03. The van der Waals surface area contributed by atoms with Gasteiger partial charge in [-0.1, -0.05) is 20.8 Å². The van der Waals surface area contributed by atoms with Gasteiger partial charge >= 0.3 is 5.97 Å². The van der Waals surface area contributed by atoms with Crippen molar-refractivity contribution in [2.24, 2.45) is 5.41 Å². The molecule has 5 nitrogen and oxygen atoms in total. The number of carboxylic acid groups (broad SMARTS) is 1. The number of aliphatic carboxylic acids is 1. The number of hydrogen-bond donors (Lipinski definition) is 3. The summed E-state index contributed by atoms with van der Waals surface area (Å²) >= 11 is 0. The Labute approximate surface area is 93.9 Å². The molecule has 16 heavy (non-hydrogen) atoms. The maximum atomic E-state index is 11.7. The lowest BCUT2D eigenvalue weighted by molar-refractivity contribution is -0.142. The second-order valence-corrected chi connectivity index (χ2v) is 4.69. The Morgan fingerprint density at radius 3 is 2.44 bits per heavy atom. The molecule has 0 radical (unpaired) electrons. The Morgan fingerprint density at radius 2 is 2.06 bits per heavy atom. The molecule has 5 heteroatoms. The largest absolute Gasteiger partial charge is 0.480 e. The average Bonchev–Trinajstić information content (AvgIpc) is 2.63. The van der Waals surface area contributed by atoms with E-state index >= 15 is 0 Å². The molecule has 1 rings (SSSR count). The summed E-state index contributed by atoms with van der Waals surface area (Å²) in [4.78, 5) is 25.4. The van der Waals surface area contributed by atoms with E-state index in [0.717, 1.165) is 0 Å². The topological polar surface area (TPSA) is 82.2 Å². The lowest BCUT2D eigenvalue weighted by atomic mass is 9.86. The molecular formula is C11H16N2O3. The van der Waals surface area contributed by atoms with Crippen LogP contribution in [0, 0.1) is 5.41 Å². The Kier molecular flexibility index (Phi) is 3.37. The number of amides is 1. The van der Waals surface area contributed by atoms with E-state index in [1.165, 1.54) is 0 Å². The highest BCUT2D eigenvalue weighted by Crippen LogP contribution is 2.19. The molecule has 0 aromatic carbocycles. The second kappa shape index (κ2) is 4.38. The zero-order valence-electron chi connectivity index (χ0n) is 9.57. The van der Waals surface area contributed by atoms with Crippen LogP contribution >= 0.6 is 0 Å². The van der Waals surface area contributed by atoms with Crippen molar-refractivity contribution in [3.63, 3.8) is 0 Å². The van der Waals surface area contributed by atoms with Gasteiger partial charge in [-0.15, -0.1) is 0 Å². The second-order valence-electron chi connectivity index (χ2n) is 4.69. The number of hydrogen-bond acceptors (Lipinski definition) is 2. The van der Waals surface area contributed by atoms with E-state index in [0.29, 0.717) is 5.69 Å². The first kappa shape index (κ1) is 12.3. The van der Waals surface area contributed by atoms with E-state index in [2.05, 4.69) is 10.3 Å². The molecule has 0 unspecified atom stereocenters. The normalized spacial score (nSPS) is 13.2. The summed E-state index contributed by atoms with van der Waals surface area (Å²) in [5.41, 5.74) is -0.177. The van der Waals surface area contributed by atoms with Crippen molar-refractivity contribution in [1.29, 1.82) is 0 Å². The number of carbonyl (C=O) groups excluding carboxylic acids is 1. The monoisotopic (exact) mass is 224 g/mol. The average molecular weight is 224 g/mol. The molecule has 0 bridgehead atoms. The van der Waals surface area contributed by atoms with Gasteiger partial charge in [0.1, 0.15) is 11.7 Å². The van der Waals surface area contributed by atoms with E-state index in [9.17, 15) is 9.59 Å². The molecule has 0 aliphatic carbocycles. The van der Waals surface area contributed by atoms with E-state index in [-0.39, 0.29) is 0 Å². The maximum absolute atomic E-state index is 11.7. The molecule has 3 N–H and O–H groups in total. The van der Waals surface area contributed by atoms with Crippen LogP contribution in [0.15, 0.2) is 18.3 Å². The number of nitrogens with one attached hydrogen (secondary N) is 2. The zero-order chi connectivity index (χ0) is 12.3. The third-order valence-electron chi connectivity index (χ3n) is 2.23. The number of aromatic amines is 1. The molecule has 1 aromatic rings. The Bertz CT molecular complexity index is 376. The summed E-state index contributed by atoms with van der Waals surface area (Å²) in [7, 11) is 0. The molecule has 0 fully saturated rings. The SMILES string of the molecule is CC(C)(C)[C@H](NC(=O)c1ccc[nH]1)C(=O)O. The van der Waals surface area contributed by atoms with Gasteiger partial charge in [-0.05, 0) is 17.5 Å². The van der Waals surface area contributed by atoms with Gasteiger partial charge in [0.05, 0.1) is 0 Å². The lowest BCUT2D eigenvalue weighted by Crippen LogP contribution is -2.49. The lowest BCUT2D eigenvalue weighted by Gasteiger charge is -2.27. The quantitative estimate of drug-likeness (QED) is 0.722. The summed E-state index contributed by atoms with van der Waals surface area (Å²) < 4.78 is 0. The number of carboxylic acids is 1. The smallest absolute Gasteiger partial charge is 0.326 e. The summed E-state index contributed by atoms with van der Waals surface area (Å²) in [5, 5.41) is 11.5. The molecular weight excluding hydrogens is 208 g/mol. The van der Waals surface area contributed by atoms with E-state index < -0.39 is 23.3 Å². The van der Waals surface area contributed by atoms with Gasteiger partial charge in [-0.2, -0.15) is 0 Å². The third-order valence-corrected chi connectivity index (χ3v) is 2.23. The van der Waals surface area contributed by atoms with Crippen LogP contribution in [0.1, 0.15) is 31.3 Å². The number of H-pyrrole nitrogens is 1. The van der Waals surface area contributed by atoms with Gasteiger partial charge in [0.2, 0.25) is 0 Å². The minimum Gasteiger partial charge on any atom is -0.480 e. The minimum absolute atomic E-state index is 0.357. The fourth-order valence-electron chi connectivity index (χ4n) is 1.33. The zero-order valence-corrected chi connectivity index (χ0v) is 9.57. The van der Waals surface area contributed by atoms with Crippen LogP contribution in [-0.4, -0.2) is 28.0 Å². The fourth-order valence-corrected chi connectivity index (χ4v) is 1.33. The van der Waals surface area contributed by atoms with Gasteiger partial charge in [0.15, 0.2) is 0 Å². The number of carbonyl (C=O) groups is 2. The summed E-state index contributed by atoms with van der Waals surface area (Å²) in [5.74, 6) is -1.44. The molecule has 0 aliphatic heterocycles. The van der Waals surface area contributed by atoms with Gasteiger partial charge < -0.3 is 15.4 Å². The highest BCUT2D eigenvalue weighted by molar-refractivity contribution is 5.95. The first-order valence-electron chi connectivity index (χ1n) is 4.99. The van der Waals surface area contributed by atoms with Crippen LogP contribution in [0.2, 0.25) is 0 Å². The summed E-state index contributed by atoms with van der Waals surface area (Å²) in [6.45, 7) is 5.29. The highest BCUT2D eigenvalue weighted by Gasteiger charge is 2.32. The first-order chi connectivity index (χ1) is 7.32. The van der Waals surface area contributed by atoms with Gasteiger partial charge in [-0.3, -0.25) is 4.79 Å². The molecule has 88 valence electrons. The van der Waals surface area contributed by atoms with Crippen LogP contribution < -0.4 is 5.32 Å². The molecule has 0 saturated heterocycles.